The lowest BCUT2D eigenvalue weighted by molar-refractivity contribution is -0.0659. The molecule has 0 aromatic carbocycles. The van der Waals surface area contributed by atoms with Crippen LogP contribution in [0, 0.1) is 5.82 Å². The average molecular weight is 274 g/mol. The standard InChI is InChI=1S/C11H15FN2O3S/c1-17-11(5-3-6-11)8-14-18(15,16)10-9(12)4-2-7-13-10/h2,4,7,14H,3,5-6,8H2,1H3. The zero-order valence-corrected chi connectivity index (χ0v) is 10.8. The summed E-state index contributed by atoms with van der Waals surface area (Å²) in [5, 5.41) is -0.574. The molecule has 0 saturated heterocycles. The molecule has 1 heterocycles. The Labute approximate surface area is 105 Å². The number of halogens is 1. The smallest absolute Gasteiger partial charge is 0.261 e. The summed E-state index contributed by atoms with van der Waals surface area (Å²) in [7, 11) is -2.38. The summed E-state index contributed by atoms with van der Waals surface area (Å²) in [6, 6.07) is 2.41. The van der Waals surface area contributed by atoms with E-state index in [1.165, 1.54) is 12.3 Å². The van der Waals surface area contributed by atoms with Crippen LogP contribution in [0.25, 0.3) is 0 Å². The number of hydrogen-bond donors (Lipinski definition) is 1. The van der Waals surface area contributed by atoms with Crippen LogP contribution in [0.5, 0.6) is 0 Å². The number of aromatic nitrogens is 1. The Hall–Kier alpha value is -1.05. The van der Waals surface area contributed by atoms with E-state index in [1.54, 1.807) is 7.11 Å². The maximum atomic E-state index is 13.4. The van der Waals surface area contributed by atoms with Crippen molar-refractivity contribution in [2.24, 2.45) is 0 Å². The Morgan fingerprint density at radius 2 is 2.28 bits per heavy atom. The molecule has 0 aliphatic heterocycles. The topological polar surface area (TPSA) is 68.3 Å². The number of ether oxygens (including phenoxy) is 1. The SMILES string of the molecule is COC1(CNS(=O)(=O)c2ncccc2F)CCC1. The third kappa shape index (κ3) is 2.52. The van der Waals surface area contributed by atoms with Crippen LogP contribution >= 0.6 is 0 Å². The average Bonchev–Trinajstić information content (AvgIpc) is 2.28. The monoisotopic (exact) mass is 274 g/mol. The Morgan fingerprint density at radius 3 is 2.78 bits per heavy atom. The first kappa shape index (κ1) is 13.4. The van der Waals surface area contributed by atoms with Gasteiger partial charge in [0.1, 0.15) is 0 Å². The second kappa shape index (κ2) is 4.91. The largest absolute Gasteiger partial charge is 0.377 e. The van der Waals surface area contributed by atoms with Gasteiger partial charge in [0.25, 0.3) is 10.0 Å². The quantitative estimate of drug-likeness (QED) is 0.872. The Morgan fingerprint density at radius 1 is 1.56 bits per heavy atom. The summed E-state index contributed by atoms with van der Waals surface area (Å²) in [5.74, 6) is -0.856. The summed E-state index contributed by atoms with van der Waals surface area (Å²) in [4.78, 5) is 3.55. The van der Waals surface area contributed by atoms with Gasteiger partial charge in [-0.15, -0.1) is 0 Å². The molecule has 1 fully saturated rings. The van der Waals surface area contributed by atoms with Crippen molar-refractivity contribution in [3.63, 3.8) is 0 Å². The third-order valence-electron chi connectivity index (χ3n) is 3.26. The zero-order valence-electron chi connectivity index (χ0n) is 10.0. The van der Waals surface area contributed by atoms with Crippen LogP contribution in [-0.2, 0) is 14.8 Å². The normalized spacial score (nSPS) is 18.3. The second-order valence-electron chi connectivity index (χ2n) is 4.36. The fourth-order valence-electron chi connectivity index (χ4n) is 1.89. The lowest BCUT2D eigenvalue weighted by Gasteiger charge is -2.40. The molecule has 0 unspecified atom stereocenters. The lowest BCUT2D eigenvalue weighted by atomic mass is 9.80. The summed E-state index contributed by atoms with van der Waals surface area (Å²) in [5.41, 5.74) is -0.446. The molecule has 1 aromatic rings. The highest BCUT2D eigenvalue weighted by Gasteiger charge is 2.38. The molecule has 1 N–H and O–H groups in total. The maximum absolute atomic E-state index is 13.4. The van der Waals surface area contributed by atoms with Gasteiger partial charge < -0.3 is 4.74 Å². The molecule has 100 valence electrons. The van der Waals surface area contributed by atoms with Crippen LogP contribution in [0.3, 0.4) is 0 Å². The number of hydrogen-bond acceptors (Lipinski definition) is 4. The molecule has 1 saturated carbocycles. The van der Waals surface area contributed by atoms with E-state index >= 15 is 0 Å². The first-order valence-electron chi connectivity index (χ1n) is 5.64. The van der Waals surface area contributed by atoms with E-state index in [1.807, 2.05) is 0 Å². The van der Waals surface area contributed by atoms with Crippen LogP contribution in [0.1, 0.15) is 19.3 Å². The fraction of sp³-hybridized carbons (Fsp3) is 0.545. The molecule has 1 aliphatic carbocycles. The van der Waals surface area contributed by atoms with E-state index in [0.29, 0.717) is 0 Å². The number of pyridine rings is 1. The van der Waals surface area contributed by atoms with Crippen LogP contribution in [0.15, 0.2) is 23.4 Å². The van der Waals surface area contributed by atoms with Crippen LogP contribution in [0.4, 0.5) is 4.39 Å². The Bertz CT molecular complexity index is 523. The summed E-state index contributed by atoms with van der Waals surface area (Å²) in [6.07, 6.45) is 3.86. The van der Waals surface area contributed by atoms with Crippen molar-refractivity contribution in [1.82, 2.24) is 9.71 Å². The van der Waals surface area contributed by atoms with Gasteiger partial charge in [0.05, 0.1) is 5.60 Å². The molecule has 7 heteroatoms. The highest BCUT2D eigenvalue weighted by atomic mass is 32.2. The molecule has 5 nitrogen and oxygen atoms in total. The van der Waals surface area contributed by atoms with Gasteiger partial charge in [0, 0.05) is 19.9 Å². The molecule has 1 aromatic heterocycles. The van der Waals surface area contributed by atoms with E-state index in [0.717, 1.165) is 25.3 Å². The molecule has 2 rings (SSSR count). The van der Waals surface area contributed by atoms with Gasteiger partial charge >= 0.3 is 0 Å². The van der Waals surface area contributed by atoms with E-state index < -0.39 is 26.5 Å². The van der Waals surface area contributed by atoms with Gasteiger partial charge in [-0.1, -0.05) is 0 Å². The minimum Gasteiger partial charge on any atom is -0.377 e. The van der Waals surface area contributed by atoms with Gasteiger partial charge in [-0.25, -0.2) is 22.5 Å². The van der Waals surface area contributed by atoms with Crippen LogP contribution < -0.4 is 4.72 Å². The van der Waals surface area contributed by atoms with Crippen molar-refractivity contribution in [2.75, 3.05) is 13.7 Å². The highest BCUT2D eigenvalue weighted by molar-refractivity contribution is 7.89. The Kier molecular flexibility index (Phi) is 3.65. The van der Waals surface area contributed by atoms with Crippen LogP contribution in [-0.4, -0.2) is 32.7 Å². The zero-order chi connectivity index (χ0) is 13.2. The molecule has 0 amide bonds. The molecular formula is C11H15FN2O3S. The van der Waals surface area contributed by atoms with E-state index in [4.69, 9.17) is 4.74 Å². The summed E-state index contributed by atoms with van der Waals surface area (Å²) >= 11 is 0. The van der Waals surface area contributed by atoms with Crippen molar-refractivity contribution in [3.8, 4) is 0 Å². The van der Waals surface area contributed by atoms with Gasteiger partial charge in [-0.3, -0.25) is 0 Å². The summed E-state index contributed by atoms with van der Waals surface area (Å²) in [6.45, 7) is 0.141. The molecule has 18 heavy (non-hydrogen) atoms. The number of rotatable bonds is 5. The molecular weight excluding hydrogens is 259 g/mol. The van der Waals surface area contributed by atoms with E-state index in [2.05, 4.69) is 9.71 Å². The van der Waals surface area contributed by atoms with Gasteiger partial charge in [-0.2, -0.15) is 0 Å². The first-order valence-corrected chi connectivity index (χ1v) is 7.13. The predicted octanol–water partition coefficient (Wildman–Crippen LogP) is 1.07. The highest BCUT2D eigenvalue weighted by Crippen LogP contribution is 2.34. The van der Waals surface area contributed by atoms with Crippen molar-refractivity contribution in [3.05, 3.63) is 24.1 Å². The van der Waals surface area contributed by atoms with Gasteiger partial charge in [0.15, 0.2) is 5.82 Å². The minimum absolute atomic E-state index is 0.141. The molecule has 0 radical (unpaired) electrons. The molecule has 1 aliphatic rings. The van der Waals surface area contributed by atoms with E-state index in [9.17, 15) is 12.8 Å². The van der Waals surface area contributed by atoms with Crippen molar-refractivity contribution < 1.29 is 17.5 Å². The molecule has 0 bridgehead atoms. The third-order valence-corrected chi connectivity index (χ3v) is 4.60. The number of sulfonamides is 1. The van der Waals surface area contributed by atoms with Crippen molar-refractivity contribution in [2.45, 2.75) is 29.9 Å². The van der Waals surface area contributed by atoms with Gasteiger partial charge in [0.2, 0.25) is 5.03 Å². The maximum Gasteiger partial charge on any atom is 0.261 e. The molecule has 0 spiro atoms. The lowest BCUT2D eigenvalue weighted by Crippen LogP contribution is -2.49. The number of nitrogens with one attached hydrogen (secondary N) is 1. The van der Waals surface area contributed by atoms with Crippen LogP contribution in [0.2, 0.25) is 0 Å². The Balaban J connectivity index is 2.11. The number of methoxy groups -OCH3 is 1. The second-order valence-corrected chi connectivity index (χ2v) is 6.04. The fourth-order valence-corrected chi connectivity index (χ4v) is 3.00. The number of nitrogens with zero attached hydrogens (tertiary/aromatic N) is 1. The summed E-state index contributed by atoms with van der Waals surface area (Å²) < 4.78 is 44.8. The van der Waals surface area contributed by atoms with E-state index in [-0.39, 0.29) is 6.54 Å². The van der Waals surface area contributed by atoms with Crippen molar-refractivity contribution in [1.29, 1.82) is 0 Å². The predicted molar refractivity (Wildman–Crippen MR) is 63.0 cm³/mol. The first-order chi connectivity index (χ1) is 8.49. The minimum atomic E-state index is -3.93. The molecule has 0 atom stereocenters. The van der Waals surface area contributed by atoms with Crippen molar-refractivity contribution >= 4 is 10.0 Å². The van der Waals surface area contributed by atoms with Gasteiger partial charge in [-0.05, 0) is 31.4 Å².